The number of aryl methyl sites for hydroxylation is 1. The first-order valence-corrected chi connectivity index (χ1v) is 11.5. The Morgan fingerprint density at radius 3 is 2.44 bits per heavy atom. The predicted molar refractivity (Wildman–Crippen MR) is 138 cm³/mol. The number of anilines is 2. The van der Waals surface area contributed by atoms with Crippen LogP contribution in [-0.4, -0.2) is 24.3 Å². The minimum absolute atomic E-state index is 0.108. The first-order valence-electron chi connectivity index (χ1n) is 10.2. The molecule has 0 saturated carbocycles. The van der Waals surface area contributed by atoms with Gasteiger partial charge >= 0.3 is 0 Å². The number of amides is 1. The second kappa shape index (κ2) is 9.59. The number of ether oxygens (including phenoxy) is 1. The molecule has 1 aliphatic heterocycles. The first kappa shape index (κ1) is 22.1. The summed E-state index contributed by atoms with van der Waals surface area (Å²) >= 11 is 6.82. The lowest BCUT2D eigenvalue weighted by atomic mass is 10.1. The predicted octanol–water partition coefficient (Wildman–Crippen LogP) is 6.05. The zero-order valence-electron chi connectivity index (χ0n) is 18.2. The van der Waals surface area contributed by atoms with Crippen molar-refractivity contribution in [3.05, 3.63) is 94.4 Å². The zero-order chi connectivity index (χ0) is 22.7. The fraction of sp³-hybridized carbons (Fsp3) is 0.154. The van der Waals surface area contributed by atoms with Crippen LogP contribution in [0.4, 0.5) is 11.4 Å². The SMILES string of the molecule is Cc1ccc(COc2cccc(/C=C3\SC(=S)N(c4ccc(N(C)C)cc4)C3=O)c2)cc1. The molecule has 6 heteroatoms. The molecule has 0 unspecified atom stereocenters. The molecule has 0 spiro atoms. The summed E-state index contributed by atoms with van der Waals surface area (Å²) in [5.74, 6) is 0.651. The lowest BCUT2D eigenvalue weighted by molar-refractivity contribution is -0.113. The van der Waals surface area contributed by atoms with Gasteiger partial charge in [-0.05, 0) is 60.5 Å². The normalized spacial score (nSPS) is 14.8. The summed E-state index contributed by atoms with van der Waals surface area (Å²) in [6.07, 6.45) is 1.87. The van der Waals surface area contributed by atoms with E-state index in [0.29, 0.717) is 15.8 Å². The molecule has 1 saturated heterocycles. The van der Waals surface area contributed by atoms with E-state index in [4.69, 9.17) is 17.0 Å². The molecule has 1 heterocycles. The highest BCUT2D eigenvalue weighted by Crippen LogP contribution is 2.36. The zero-order valence-corrected chi connectivity index (χ0v) is 19.9. The van der Waals surface area contributed by atoms with Gasteiger partial charge in [0.2, 0.25) is 0 Å². The van der Waals surface area contributed by atoms with Crippen molar-refractivity contribution in [2.24, 2.45) is 0 Å². The molecule has 4 rings (SSSR count). The fourth-order valence-corrected chi connectivity index (χ4v) is 4.59. The molecular weight excluding hydrogens is 436 g/mol. The molecule has 1 aliphatic rings. The third-order valence-electron chi connectivity index (χ3n) is 5.10. The van der Waals surface area contributed by atoms with E-state index in [9.17, 15) is 4.79 Å². The van der Waals surface area contributed by atoms with Crippen LogP contribution < -0.4 is 14.5 Å². The van der Waals surface area contributed by atoms with E-state index < -0.39 is 0 Å². The van der Waals surface area contributed by atoms with Gasteiger partial charge in [-0.15, -0.1) is 0 Å². The molecule has 1 amide bonds. The molecule has 0 atom stereocenters. The van der Waals surface area contributed by atoms with Gasteiger partial charge in [0.15, 0.2) is 4.32 Å². The van der Waals surface area contributed by atoms with E-state index in [1.165, 1.54) is 17.3 Å². The Morgan fingerprint density at radius 2 is 1.75 bits per heavy atom. The summed E-state index contributed by atoms with van der Waals surface area (Å²) < 4.78 is 6.48. The minimum Gasteiger partial charge on any atom is -0.489 e. The molecule has 0 radical (unpaired) electrons. The van der Waals surface area contributed by atoms with Crippen LogP contribution in [0, 0.1) is 6.92 Å². The fourth-order valence-electron chi connectivity index (χ4n) is 3.29. The number of carbonyl (C=O) groups is 1. The van der Waals surface area contributed by atoms with Crippen molar-refractivity contribution in [3.63, 3.8) is 0 Å². The van der Waals surface area contributed by atoms with E-state index in [-0.39, 0.29) is 5.91 Å². The van der Waals surface area contributed by atoms with Gasteiger partial charge in [-0.3, -0.25) is 9.69 Å². The van der Waals surface area contributed by atoms with Crippen LogP contribution in [0.1, 0.15) is 16.7 Å². The average molecular weight is 461 g/mol. The molecule has 0 bridgehead atoms. The smallest absolute Gasteiger partial charge is 0.270 e. The second-order valence-corrected chi connectivity index (χ2v) is 9.45. The van der Waals surface area contributed by atoms with Crippen molar-refractivity contribution in [2.75, 3.05) is 23.9 Å². The number of carbonyl (C=O) groups excluding carboxylic acids is 1. The third-order valence-corrected chi connectivity index (χ3v) is 6.40. The molecule has 0 aromatic heterocycles. The van der Waals surface area contributed by atoms with Crippen molar-refractivity contribution in [2.45, 2.75) is 13.5 Å². The first-order chi connectivity index (χ1) is 15.4. The highest BCUT2D eigenvalue weighted by Gasteiger charge is 2.33. The van der Waals surface area contributed by atoms with Crippen LogP contribution in [-0.2, 0) is 11.4 Å². The van der Waals surface area contributed by atoms with Crippen molar-refractivity contribution in [1.29, 1.82) is 0 Å². The van der Waals surface area contributed by atoms with Crippen LogP contribution >= 0.6 is 24.0 Å². The number of thioether (sulfide) groups is 1. The summed E-state index contributed by atoms with van der Waals surface area (Å²) in [6, 6.07) is 23.8. The number of rotatable bonds is 6. The monoisotopic (exact) mass is 460 g/mol. The van der Waals surface area contributed by atoms with Gasteiger partial charge < -0.3 is 9.64 Å². The van der Waals surface area contributed by atoms with Crippen LogP contribution in [0.15, 0.2) is 77.7 Å². The topological polar surface area (TPSA) is 32.8 Å². The number of hydrogen-bond donors (Lipinski definition) is 0. The molecule has 3 aromatic carbocycles. The van der Waals surface area contributed by atoms with E-state index in [1.807, 2.05) is 73.6 Å². The van der Waals surface area contributed by atoms with Gasteiger partial charge in [-0.2, -0.15) is 0 Å². The molecule has 3 aromatic rings. The van der Waals surface area contributed by atoms with Crippen molar-refractivity contribution >= 4 is 51.7 Å². The Bertz CT molecular complexity index is 1170. The number of thiocarbonyl (C=S) groups is 1. The maximum atomic E-state index is 13.1. The maximum Gasteiger partial charge on any atom is 0.270 e. The van der Waals surface area contributed by atoms with E-state index >= 15 is 0 Å². The lowest BCUT2D eigenvalue weighted by Crippen LogP contribution is -2.27. The molecule has 162 valence electrons. The quantitative estimate of drug-likeness (QED) is 0.331. The van der Waals surface area contributed by atoms with E-state index in [2.05, 4.69) is 31.2 Å². The maximum absolute atomic E-state index is 13.1. The Kier molecular flexibility index (Phi) is 6.63. The van der Waals surface area contributed by atoms with Crippen molar-refractivity contribution in [3.8, 4) is 5.75 Å². The lowest BCUT2D eigenvalue weighted by Gasteiger charge is -2.17. The average Bonchev–Trinajstić information content (AvgIpc) is 3.06. The minimum atomic E-state index is -0.108. The van der Waals surface area contributed by atoms with Gasteiger partial charge in [0.1, 0.15) is 12.4 Å². The molecule has 0 aliphatic carbocycles. The standard InChI is InChI=1S/C26H24N2O2S2/c1-18-7-9-19(10-8-18)17-30-23-6-4-5-20(15-23)16-24-25(29)28(26(31)32-24)22-13-11-21(12-14-22)27(2)3/h4-16H,17H2,1-3H3/b24-16-. The summed E-state index contributed by atoms with van der Waals surface area (Å²) in [5.41, 5.74) is 5.08. The van der Waals surface area contributed by atoms with Crippen LogP contribution in [0.3, 0.4) is 0 Å². The van der Waals surface area contributed by atoms with Crippen LogP contribution in [0.25, 0.3) is 6.08 Å². The van der Waals surface area contributed by atoms with Gasteiger partial charge in [0.25, 0.3) is 5.91 Å². The van der Waals surface area contributed by atoms with Crippen LogP contribution in [0.5, 0.6) is 5.75 Å². The van der Waals surface area contributed by atoms with Crippen molar-refractivity contribution in [1.82, 2.24) is 0 Å². The molecule has 4 nitrogen and oxygen atoms in total. The molecule has 32 heavy (non-hydrogen) atoms. The summed E-state index contributed by atoms with van der Waals surface area (Å²) in [6.45, 7) is 2.56. The van der Waals surface area contributed by atoms with Crippen molar-refractivity contribution < 1.29 is 9.53 Å². The highest BCUT2D eigenvalue weighted by atomic mass is 32.2. The largest absolute Gasteiger partial charge is 0.489 e. The molecule has 1 fully saturated rings. The highest BCUT2D eigenvalue weighted by molar-refractivity contribution is 8.27. The summed E-state index contributed by atoms with van der Waals surface area (Å²) in [5, 5.41) is 0. The van der Waals surface area contributed by atoms with Gasteiger partial charge in [-0.1, -0.05) is 65.9 Å². The number of benzene rings is 3. The van der Waals surface area contributed by atoms with E-state index in [0.717, 1.165) is 28.3 Å². The Labute approximate surface area is 198 Å². The molecular formula is C26H24N2O2S2. The van der Waals surface area contributed by atoms with E-state index in [1.54, 1.807) is 4.90 Å². The Hall–Kier alpha value is -3.09. The van der Waals surface area contributed by atoms with Gasteiger partial charge in [0, 0.05) is 19.8 Å². The second-order valence-electron chi connectivity index (χ2n) is 7.77. The number of hydrogen-bond acceptors (Lipinski definition) is 5. The summed E-state index contributed by atoms with van der Waals surface area (Å²) in [4.78, 5) is 17.3. The third kappa shape index (κ3) is 5.03. The number of nitrogens with zero attached hydrogens (tertiary/aromatic N) is 2. The van der Waals surface area contributed by atoms with Gasteiger partial charge in [-0.25, -0.2) is 0 Å². The van der Waals surface area contributed by atoms with Gasteiger partial charge in [0.05, 0.1) is 10.6 Å². The Morgan fingerprint density at radius 1 is 1.03 bits per heavy atom. The molecule has 0 N–H and O–H groups in total. The van der Waals surface area contributed by atoms with Crippen LogP contribution in [0.2, 0.25) is 0 Å². The summed E-state index contributed by atoms with van der Waals surface area (Å²) in [7, 11) is 3.96. The Balaban J connectivity index is 1.48.